The van der Waals surface area contributed by atoms with E-state index in [2.05, 4.69) is 30.7 Å². The van der Waals surface area contributed by atoms with E-state index in [1.54, 1.807) is 30.3 Å². The third-order valence-corrected chi connectivity index (χ3v) is 2.73. The molecule has 21 heavy (non-hydrogen) atoms. The van der Waals surface area contributed by atoms with Crippen LogP contribution in [-0.4, -0.2) is 54.3 Å². The Kier molecular flexibility index (Phi) is 7.44. The van der Waals surface area contributed by atoms with Gasteiger partial charge in [-0.2, -0.15) is 0 Å². The number of ether oxygens (including phenoxy) is 1. The molecule has 0 unspecified atom stereocenters. The van der Waals surface area contributed by atoms with E-state index in [0.717, 1.165) is 0 Å². The van der Waals surface area contributed by atoms with E-state index in [1.807, 2.05) is 0 Å². The molecule has 1 rings (SSSR count). The fourth-order valence-electron chi connectivity index (χ4n) is 1.82. The highest BCUT2D eigenvalue weighted by atomic mass is 16.5. The van der Waals surface area contributed by atoms with Gasteiger partial charge in [-0.15, -0.1) is 0 Å². The van der Waals surface area contributed by atoms with Gasteiger partial charge in [-0.25, -0.2) is 4.98 Å². The first kappa shape index (κ1) is 17.2. The SMILES string of the molecule is COCCN(CC(C)C)C(=O)c1ccc(C#CCO)cn1. The van der Waals surface area contributed by atoms with E-state index < -0.39 is 0 Å². The molecule has 0 bridgehead atoms. The number of carbonyl (C=O) groups is 1. The molecule has 5 heteroatoms. The van der Waals surface area contributed by atoms with Gasteiger partial charge >= 0.3 is 0 Å². The lowest BCUT2D eigenvalue weighted by Crippen LogP contribution is -2.37. The topological polar surface area (TPSA) is 62.7 Å². The highest BCUT2D eigenvalue weighted by Gasteiger charge is 2.17. The number of rotatable bonds is 6. The number of nitrogens with zero attached hydrogens (tertiary/aromatic N) is 2. The standard InChI is InChI=1S/C16H22N2O3/c1-13(2)12-18(8-10-21-3)16(20)15-7-6-14(11-17-15)5-4-9-19/h6-7,11,13,19H,8-10,12H2,1-3H3. The quantitative estimate of drug-likeness (QED) is 0.799. The number of methoxy groups -OCH3 is 1. The lowest BCUT2D eigenvalue weighted by molar-refractivity contribution is 0.0666. The Morgan fingerprint density at radius 3 is 2.76 bits per heavy atom. The van der Waals surface area contributed by atoms with Crippen LogP contribution in [0, 0.1) is 17.8 Å². The van der Waals surface area contributed by atoms with Crippen molar-refractivity contribution in [1.82, 2.24) is 9.88 Å². The summed E-state index contributed by atoms with van der Waals surface area (Å²) in [5, 5.41) is 8.64. The molecular weight excluding hydrogens is 268 g/mol. The minimum absolute atomic E-state index is 0.109. The molecule has 1 aromatic rings. The number of aromatic nitrogens is 1. The van der Waals surface area contributed by atoms with Crippen molar-refractivity contribution >= 4 is 5.91 Å². The highest BCUT2D eigenvalue weighted by Crippen LogP contribution is 2.07. The molecule has 0 fully saturated rings. The second kappa shape index (κ2) is 9.11. The van der Waals surface area contributed by atoms with E-state index in [1.165, 1.54) is 0 Å². The van der Waals surface area contributed by atoms with Crippen LogP contribution in [0.3, 0.4) is 0 Å². The van der Waals surface area contributed by atoms with E-state index >= 15 is 0 Å². The molecule has 0 aromatic carbocycles. The number of aliphatic hydroxyl groups is 1. The van der Waals surface area contributed by atoms with Gasteiger partial charge in [0.1, 0.15) is 12.3 Å². The molecule has 1 aromatic heterocycles. The molecule has 0 aliphatic rings. The summed E-state index contributed by atoms with van der Waals surface area (Å²) in [6.45, 7) is 5.64. The first-order valence-electron chi connectivity index (χ1n) is 6.92. The van der Waals surface area contributed by atoms with E-state index in [4.69, 9.17) is 9.84 Å². The predicted molar refractivity (Wildman–Crippen MR) is 80.8 cm³/mol. The number of hydrogen-bond acceptors (Lipinski definition) is 4. The van der Waals surface area contributed by atoms with Crippen LogP contribution in [-0.2, 0) is 4.74 Å². The van der Waals surface area contributed by atoms with Gasteiger partial charge in [-0.05, 0) is 18.1 Å². The van der Waals surface area contributed by atoms with Crippen LogP contribution in [0.4, 0.5) is 0 Å². The van der Waals surface area contributed by atoms with E-state index in [0.29, 0.717) is 36.9 Å². The fraction of sp³-hybridized carbons (Fsp3) is 0.500. The maximum atomic E-state index is 12.4. The van der Waals surface area contributed by atoms with E-state index in [9.17, 15) is 4.79 Å². The summed E-state index contributed by atoms with van der Waals surface area (Å²) in [5.74, 6) is 5.56. The number of amides is 1. The zero-order chi connectivity index (χ0) is 15.7. The highest BCUT2D eigenvalue weighted by molar-refractivity contribution is 5.92. The van der Waals surface area contributed by atoms with Crippen molar-refractivity contribution < 1.29 is 14.6 Å². The summed E-state index contributed by atoms with van der Waals surface area (Å²) in [5.41, 5.74) is 1.06. The summed E-state index contributed by atoms with van der Waals surface area (Å²) < 4.78 is 5.05. The lowest BCUT2D eigenvalue weighted by Gasteiger charge is -2.23. The first-order valence-corrected chi connectivity index (χ1v) is 6.92. The molecular formula is C16H22N2O3. The van der Waals surface area contributed by atoms with Gasteiger partial charge in [-0.3, -0.25) is 4.79 Å². The summed E-state index contributed by atoms with van der Waals surface area (Å²) in [7, 11) is 1.62. The predicted octanol–water partition coefficient (Wildman–Crippen LogP) is 1.17. The maximum Gasteiger partial charge on any atom is 0.272 e. The summed E-state index contributed by atoms with van der Waals surface area (Å²) in [6, 6.07) is 3.39. The van der Waals surface area contributed by atoms with Crippen molar-refractivity contribution in [3.8, 4) is 11.8 Å². The molecule has 0 saturated carbocycles. The second-order valence-corrected chi connectivity index (χ2v) is 5.03. The van der Waals surface area contributed by atoms with Crippen molar-refractivity contribution in [2.45, 2.75) is 13.8 Å². The molecule has 0 spiro atoms. The zero-order valence-electron chi connectivity index (χ0n) is 12.8. The third kappa shape index (κ3) is 5.94. The molecule has 1 amide bonds. The Morgan fingerprint density at radius 1 is 1.48 bits per heavy atom. The van der Waals surface area contributed by atoms with Gasteiger partial charge in [-0.1, -0.05) is 25.7 Å². The smallest absolute Gasteiger partial charge is 0.272 e. The zero-order valence-corrected chi connectivity index (χ0v) is 12.8. The minimum atomic E-state index is -0.195. The summed E-state index contributed by atoms with van der Waals surface area (Å²) in [4.78, 5) is 18.3. The number of hydrogen-bond donors (Lipinski definition) is 1. The van der Waals surface area contributed by atoms with Gasteiger partial charge in [0.2, 0.25) is 0 Å². The fourth-order valence-corrected chi connectivity index (χ4v) is 1.82. The molecule has 0 atom stereocenters. The molecule has 0 aliphatic heterocycles. The van der Waals surface area contributed by atoms with Gasteiger partial charge in [0.25, 0.3) is 5.91 Å². The van der Waals surface area contributed by atoms with Crippen LogP contribution in [0.25, 0.3) is 0 Å². The van der Waals surface area contributed by atoms with Crippen molar-refractivity contribution in [2.24, 2.45) is 5.92 Å². The Balaban J connectivity index is 2.82. The largest absolute Gasteiger partial charge is 0.384 e. The normalized spacial score (nSPS) is 10.1. The molecule has 0 radical (unpaired) electrons. The summed E-state index contributed by atoms with van der Waals surface area (Å²) in [6.07, 6.45) is 1.54. The number of pyridine rings is 1. The maximum absolute atomic E-state index is 12.4. The number of aliphatic hydroxyl groups excluding tert-OH is 1. The average molecular weight is 290 g/mol. The van der Waals surface area contributed by atoms with Crippen LogP contribution < -0.4 is 0 Å². The average Bonchev–Trinajstić information content (AvgIpc) is 2.49. The van der Waals surface area contributed by atoms with Crippen molar-refractivity contribution in [3.05, 3.63) is 29.6 Å². The third-order valence-electron chi connectivity index (χ3n) is 2.73. The Bertz CT molecular complexity index is 500. The lowest BCUT2D eigenvalue weighted by atomic mass is 10.2. The Labute approximate surface area is 125 Å². The van der Waals surface area contributed by atoms with Gasteiger partial charge in [0.05, 0.1) is 6.61 Å². The Morgan fingerprint density at radius 2 is 2.24 bits per heavy atom. The van der Waals surface area contributed by atoms with Crippen LogP contribution in [0.5, 0.6) is 0 Å². The van der Waals surface area contributed by atoms with Crippen molar-refractivity contribution in [1.29, 1.82) is 0 Å². The minimum Gasteiger partial charge on any atom is -0.384 e. The van der Waals surface area contributed by atoms with Crippen LogP contribution in [0.2, 0.25) is 0 Å². The molecule has 0 saturated heterocycles. The molecule has 1 heterocycles. The summed E-state index contributed by atoms with van der Waals surface area (Å²) >= 11 is 0. The van der Waals surface area contributed by atoms with Crippen LogP contribution in [0.1, 0.15) is 29.9 Å². The molecule has 114 valence electrons. The van der Waals surface area contributed by atoms with E-state index in [-0.39, 0.29) is 12.5 Å². The molecule has 5 nitrogen and oxygen atoms in total. The van der Waals surface area contributed by atoms with Crippen molar-refractivity contribution in [2.75, 3.05) is 33.4 Å². The van der Waals surface area contributed by atoms with Gasteiger partial charge < -0.3 is 14.7 Å². The molecule has 1 N–H and O–H groups in total. The molecule has 0 aliphatic carbocycles. The monoisotopic (exact) mass is 290 g/mol. The number of carbonyl (C=O) groups excluding carboxylic acids is 1. The Hall–Kier alpha value is -1.90. The van der Waals surface area contributed by atoms with Crippen LogP contribution in [0.15, 0.2) is 18.3 Å². The van der Waals surface area contributed by atoms with Gasteiger partial charge in [0, 0.05) is 32.0 Å². The van der Waals surface area contributed by atoms with Crippen molar-refractivity contribution in [3.63, 3.8) is 0 Å². The van der Waals surface area contributed by atoms with Crippen LogP contribution >= 0.6 is 0 Å². The first-order chi connectivity index (χ1) is 10.1. The van der Waals surface area contributed by atoms with Gasteiger partial charge in [0.15, 0.2) is 0 Å². The second-order valence-electron chi connectivity index (χ2n) is 5.03.